The Kier molecular flexibility index (Phi) is 8.85. The molecule has 7 heteroatoms. The molecule has 0 bridgehead atoms. The zero-order chi connectivity index (χ0) is 18.5. The molecule has 3 N–H and O–H groups in total. The van der Waals surface area contributed by atoms with Crippen LogP contribution in [0.3, 0.4) is 0 Å². The third-order valence-corrected chi connectivity index (χ3v) is 6.39. The summed E-state index contributed by atoms with van der Waals surface area (Å²) in [5.74, 6) is 0.319. The molecule has 0 amide bonds. The minimum atomic E-state index is -3.34. The van der Waals surface area contributed by atoms with Crippen molar-refractivity contribution in [3.63, 3.8) is 0 Å². The predicted octanol–water partition coefficient (Wildman–Crippen LogP) is 3.61. The quantitative estimate of drug-likeness (QED) is 0.373. The van der Waals surface area contributed by atoms with Gasteiger partial charge in [-0.2, -0.15) is 0 Å². The molecule has 0 saturated heterocycles. The number of halogens is 1. The molecule has 1 aliphatic carbocycles. The van der Waals surface area contributed by atoms with Gasteiger partial charge in [0.05, 0.1) is 17.2 Å². The molecule has 5 nitrogen and oxygen atoms in total. The molecule has 0 aliphatic heterocycles. The van der Waals surface area contributed by atoms with Crippen LogP contribution in [0.2, 0.25) is 0 Å². The van der Waals surface area contributed by atoms with Crippen LogP contribution in [0, 0.1) is 0 Å². The van der Waals surface area contributed by atoms with E-state index in [4.69, 9.17) is 5.73 Å². The molecular weight excluding hydrogens is 461 g/mol. The van der Waals surface area contributed by atoms with E-state index < -0.39 is 9.84 Å². The van der Waals surface area contributed by atoms with E-state index in [-0.39, 0.29) is 41.7 Å². The molecule has 0 atom stereocenters. The third kappa shape index (κ3) is 7.06. The molecule has 0 radical (unpaired) electrons. The van der Waals surface area contributed by atoms with Gasteiger partial charge in [0, 0.05) is 6.04 Å². The van der Waals surface area contributed by atoms with Crippen molar-refractivity contribution in [1.82, 2.24) is 5.32 Å². The van der Waals surface area contributed by atoms with Gasteiger partial charge in [-0.1, -0.05) is 52.2 Å². The number of nitrogens with two attached hydrogens (primary N) is 1. The highest BCUT2D eigenvalue weighted by Gasteiger charge is 2.18. The predicted molar refractivity (Wildman–Crippen MR) is 119 cm³/mol. The fourth-order valence-corrected chi connectivity index (χ4v) is 4.19. The second-order valence-electron chi connectivity index (χ2n) is 7.84. The first kappa shape index (κ1) is 23.2. The minimum absolute atomic E-state index is 0. The second-order valence-corrected chi connectivity index (χ2v) is 9.95. The van der Waals surface area contributed by atoms with Crippen molar-refractivity contribution in [3.8, 4) is 0 Å². The maximum absolute atomic E-state index is 12.4. The van der Waals surface area contributed by atoms with Crippen LogP contribution in [0.15, 0.2) is 34.2 Å². The maximum atomic E-state index is 12.4. The van der Waals surface area contributed by atoms with E-state index in [1.54, 1.807) is 12.1 Å². The summed E-state index contributed by atoms with van der Waals surface area (Å²) >= 11 is 0. The highest BCUT2D eigenvalue weighted by atomic mass is 127. The molecule has 2 rings (SSSR count). The van der Waals surface area contributed by atoms with Crippen molar-refractivity contribution < 1.29 is 8.42 Å². The number of sulfone groups is 1. The number of nitrogens with one attached hydrogen (secondary N) is 1. The lowest BCUT2D eigenvalue weighted by molar-refractivity contribution is 0.412. The van der Waals surface area contributed by atoms with Crippen LogP contribution >= 0.6 is 24.0 Å². The van der Waals surface area contributed by atoms with E-state index in [9.17, 15) is 8.42 Å². The van der Waals surface area contributed by atoms with Gasteiger partial charge < -0.3 is 11.1 Å². The SMILES string of the molecule is CC(C)(C)c1ccc(S(=O)(=O)CCN=C(N)NC2CCCCC2)cc1.I. The lowest BCUT2D eigenvalue weighted by atomic mass is 9.87. The first-order valence-electron chi connectivity index (χ1n) is 9.08. The number of aliphatic imine (C=N–C) groups is 1. The summed E-state index contributed by atoms with van der Waals surface area (Å²) in [5, 5.41) is 3.20. The monoisotopic (exact) mass is 493 g/mol. The van der Waals surface area contributed by atoms with E-state index in [1.807, 2.05) is 12.1 Å². The summed E-state index contributed by atoms with van der Waals surface area (Å²) in [4.78, 5) is 4.53. The summed E-state index contributed by atoms with van der Waals surface area (Å²) in [5.41, 5.74) is 7.01. The fourth-order valence-electron chi connectivity index (χ4n) is 3.07. The molecule has 1 aromatic carbocycles. The molecule has 0 aromatic heterocycles. The van der Waals surface area contributed by atoms with Crippen LogP contribution in [-0.4, -0.2) is 32.7 Å². The summed E-state index contributed by atoms with van der Waals surface area (Å²) in [6.07, 6.45) is 5.92. The smallest absolute Gasteiger partial charge is 0.188 e. The lowest BCUT2D eigenvalue weighted by Gasteiger charge is -2.23. The van der Waals surface area contributed by atoms with Crippen molar-refractivity contribution in [2.24, 2.45) is 10.7 Å². The molecule has 148 valence electrons. The normalized spacial score (nSPS) is 16.8. The van der Waals surface area contributed by atoms with Gasteiger partial charge in [-0.25, -0.2) is 8.42 Å². The summed E-state index contributed by atoms with van der Waals surface area (Å²) in [6, 6.07) is 7.51. The summed E-state index contributed by atoms with van der Waals surface area (Å²) in [7, 11) is -3.34. The van der Waals surface area contributed by atoms with Crippen LogP contribution in [0.25, 0.3) is 0 Å². The third-order valence-electron chi connectivity index (χ3n) is 4.68. The Hall–Kier alpha value is -0.830. The van der Waals surface area contributed by atoms with Crippen LogP contribution in [0.4, 0.5) is 0 Å². The summed E-state index contributed by atoms with van der Waals surface area (Å²) in [6.45, 7) is 6.49. The number of benzene rings is 1. The fraction of sp³-hybridized carbons (Fsp3) is 0.632. The highest BCUT2D eigenvalue weighted by molar-refractivity contribution is 14.0. The van der Waals surface area contributed by atoms with Gasteiger partial charge in [0.1, 0.15) is 0 Å². The Morgan fingerprint density at radius 2 is 1.73 bits per heavy atom. The van der Waals surface area contributed by atoms with Gasteiger partial charge in [0.2, 0.25) is 0 Å². The van der Waals surface area contributed by atoms with Gasteiger partial charge in [-0.15, -0.1) is 24.0 Å². The van der Waals surface area contributed by atoms with Crippen molar-refractivity contribution in [2.75, 3.05) is 12.3 Å². The number of guanidine groups is 1. The first-order chi connectivity index (χ1) is 11.7. The molecular formula is C19H32IN3O2S. The van der Waals surface area contributed by atoms with E-state index in [1.165, 1.54) is 19.3 Å². The first-order valence-corrected chi connectivity index (χ1v) is 10.7. The van der Waals surface area contributed by atoms with Gasteiger partial charge >= 0.3 is 0 Å². The lowest BCUT2D eigenvalue weighted by Crippen LogP contribution is -2.41. The van der Waals surface area contributed by atoms with Crippen LogP contribution in [-0.2, 0) is 15.3 Å². The van der Waals surface area contributed by atoms with Crippen LogP contribution in [0.1, 0.15) is 58.4 Å². The molecule has 1 fully saturated rings. The largest absolute Gasteiger partial charge is 0.370 e. The average molecular weight is 493 g/mol. The summed E-state index contributed by atoms with van der Waals surface area (Å²) < 4.78 is 24.9. The Balaban J connectivity index is 0.00000338. The van der Waals surface area contributed by atoms with Gasteiger partial charge in [-0.3, -0.25) is 4.99 Å². The van der Waals surface area contributed by atoms with Crippen molar-refractivity contribution in [3.05, 3.63) is 29.8 Å². The number of hydrogen-bond acceptors (Lipinski definition) is 3. The molecule has 1 saturated carbocycles. The van der Waals surface area contributed by atoms with E-state index in [2.05, 4.69) is 31.1 Å². The average Bonchev–Trinajstić information content (AvgIpc) is 2.55. The Morgan fingerprint density at radius 1 is 1.15 bits per heavy atom. The van der Waals surface area contributed by atoms with Crippen molar-refractivity contribution in [1.29, 1.82) is 0 Å². The topological polar surface area (TPSA) is 84.5 Å². The molecule has 0 unspecified atom stereocenters. The zero-order valence-electron chi connectivity index (χ0n) is 16.0. The molecule has 0 heterocycles. The number of hydrogen-bond donors (Lipinski definition) is 2. The van der Waals surface area contributed by atoms with Crippen molar-refractivity contribution >= 4 is 39.8 Å². The Labute approximate surface area is 175 Å². The minimum Gasteiger partial charge on any atom is -0.370 e. The van der Waals surface area contributed by atoms with E-state index in [0.29, 0.717) is 16.9 Å². The van der Waals surface area contributed by atoms with Gasteiger partial charge in [0.25, 0.3) is 0 Å². The van der Waals surface area contributed by atoms with E-state index >= 15 is 0 Å². The van der Waals surface area contributed by atoms with Gasteiger partial charge in [0.15, 0.2) is 15.8 Å². The Bertz CT molecular complexity index is 688. The van der Waals surface area contributed by atoms with E-state index in [0.717, 1.165) is 18.4 Å². The molecule has 0 spiro atoms. The standard InChI is InChI=1S/C19H31N3O2S.HI/c1-19(2,3)15-9-11-17(12-10-15)25(23,24)14-13-21-18(20)22-16-7-5-4-6-8-16;/h9-12,16H,4-8,13-14H2,1-3H3,(H3,20,21,22);1H. The van der Waals surface area contributed by atoms with Crippen LogP contribution < -0.4 is 11.1 Å². The Morgan fingerprint density at radius 3 is 2.27 bits per heavy atom. The van der Waals surface area contributed by atoms with Crippen molar-refractivity contribution in [2.45, 2.75) is 69.2 Å². The second kappa shape index (κ2) is 9.92. The molecule has 1 aliphatic rings. The molecule has 1 aromatic rings. The molecule has 26 heavy (non-hydrogen) atoms. The van der Waals surface area contributed by atoms with Gasteiger partial charge in [-0.05, 0) is 36.0 Å². The maximum Gasteiger partial charge on any atom is 0.188 e. The highest BCUT2D eigenvalue weighted by Crippen LogP contribution is 2.23. The van der Waals surface area contributed by atoms with Crippen LogP contribution in [0.5, 0.6) is 0 Å². The number of nitrogens with zero attached hydrogens (tertiary/aromatic N) is 1. The zero-order valence-corrected chi connectivity index (χ0v) is 19.1. The number of rotatable bonds is 5.